The van der Waals surface area contributed by atoms with Crippen molar-refractivity contribution in [2.45, 2.75) is 13.6 Å². The molecule has 6 nitrogen and oxygen atoms in total. The molecule has 1 aliphatic rings. The van der Waals surface area contributed by atoms with Gasteiger partial charge < -0.3 is 9.80 Å². The van der Waals surface area contributed by atoms with E-state index in [2.05, 4.69) is 10.00 Å². The number of para-hydroxylation sites is 1. The highest BCUT2D eigenvalue weighted by Crippen LogP contribution is 2.15. The molecule has 0 aliphatic carbocycles. The van der Waals surface area contributed by atoms with Gasteiger partial charge in [0.15, 0.2) is 12.5 Å². The van der Waals surface area contributed by atoms with E-state index in [0.29, 0.717) is 0 Å². The first-order valence-electron chi connectivity index (χ1n) is 9.26. The summed E-state index contributed by atoms with van der Waals surface area (Å²) in [7, 11) is 0. The fraction of sp³-hybridized carbons (Fsp3) is 0.286. The number of carbonyl (C=O) groups excluding carboxylic acids is 1. The van der Waals surface area contributed by atoms with Crippen LogP contribution in [0.1, 0.15) is 17.3 Å². The van der Waals surface area contributed by atoms with Gasteiger partial charge in [0, 0.05) is 16.6 Å². The monoisotopic (exact) mass is 363 g/mol. The number of aromatic nitrogens is 2. The van der Waals surface area contributed by atoms with Gasteiger partial charge >= 0.3 is 0 Å². The molecule has 0 saturated carbocycles. The van der Waals surface area contributed by atoms with Crippen molar-refractivity contribution in [2.75, 3.05) is 31.1 Å². The summed E-state index contributed by atoms with van der Waals surface area (Å²) in [4.78, 5) is 27.2. The number of benzene rings is 2. The average Bonchev–Trinajstić information content (AvgIpc) is 2.71. The average molecular weight is 363 g/mol. The molecule has 1 aromatic heterocycles. The number of hydrogen-bond donors (Lipinski definition) is 1. The highest BCUT2D eigenvalue weighted by Gasteiger charge is 2.21. The minimum absolute atomic E-state index is 0.0318. The molecule has 0 bridgehead atoms. The zero-order chi connectivity index (χ0) is 18.8. The van der Waals surface area contributed by atoms with Crippen molar-refractivity contribution in [2.24, 2.45) is 0 Å². The van der Waals surface area contributed by atoms with Gasteiger partial charge in [0.1, 0.15) is 0 Å². The summed E-state index contributed by atoms with van der Waals surface area (Å²) in [6.45, 7) is 6.23. The first-order chi connectivity index (χ1) is 13.1. The minimum atomic E-state index is -0.0318. The largest absolute Gasteiger partial charge is 0.360 e. The Hall–Kier alpha value is -2.99. The Morgan fingerprint density at radius 2 is 1.78 bits per heavy atom. The van der Waals surface area contributed by atoms with Crippen LogP contribution in [0, 0.1) is 0 Å². The Morgan fingerprint density at radius 3 is 2.48 bits per heavy atom. The summed E-state index contributed by atoms with van der Waals surface area (Å²) in [5.41, 5.74) is 2.76. The van der Waals surface area contributed by atoms with Crippen LogP contribution in [-0.4, -0.2) is 41.7 Å². The lowest BCUT2D eigenvalue weighted by molar-refractivity contribution is -0.923. The molecule has 6 heteroatoms. The lowest BCUT2D eigenvalue weighted by atomic mass is 10.1. The maximum absolute atomic E-state index is 12.0. The van der Waals surface area contributed by atoms with Crippen molar-refractivity contribution in [1.29, 1.82) is 0 Å². The predicted molar refractivity (Wildman–Crippen MR) is 105 cm³/mol. The van der Waals surface area contributed by atoms with E-state index in [4.69, 9.17) is 0 Å². The number of quaternary nitrogens is 1. The SMILES string of the molecule is CC(=O)c1ccc(N2CC[NH+](Cn3ncc(=O)c4ccccc43)CC2)cc1. The molecule has 1 fully saturated rings. The first-order valence-corrected chi connectivity index (χ1v) is 9.26. The highest BCUT2D eigenvalue weighted by molar-refractivity contribution is 5.94. The number of nitrogens with zero attached hydrogens (tertiary/aromatic N) is 3. The Balaban J connectivity index is 1.44. The van der Waals surface area contributed by atoms with Gasteiger partial charge in [-0.2, -0.15) is 5.10 Å². The Morgan fingerprint density at radius 1 is 1.07 bits per heavy atom. The van der Waals surface area contributed by atoms with Gasteiger partial charge in [0.25, 0.3) is 0 Å². The van der Waals surface area contributed by atoms with Crippen LogP contribution < -0.4 is 15.2 Å². The molecular weight excluding hydrogens is 340 g/mol. The van der Waals surface area contributed by atoms with Crippen molar-refractivity contribution in [3.8, 4) is 0 Å². The molecular formula is C21H23N4O2+. The summed E-state index contributed by atoms with van der Waals surface area (Å²) in [6, 6.07) is 15.5. The second-order valence-corrected chi connectivity index (χ2v) is 7.02. The lowest BCUT2D eigenvalue weighted by Crippen LogP contribution is -3.14. The van der Waals surface area contributed by atoms with Crippen LogP contribution in [0.5, 0.6) is 0 Å². The minimum Gasteiger partial charge on any atom is -0.360 e. The zero-order valence-electron chi connectivity index (χ0n) is 15.4. The van der Waals surface area contributed by atoms with E-state index >= 15 is 0 Å². The topological polar surface area (TPSA) is 59.6 Å². The summed E-state index contributed by atoms with van der Waals surface area (Å²) >= 11 is 0. The second-order valence-electron chi connectivity index (χ2n) is 7.02. The number of rotatable bonds is 4. The van der Waals surface area contributed by atoms with E-state index in [0.717, 1.165) is 55.0 Å². The van der Waals surface area contributed by atoms with E-state index in [9.17, 15) is 9.59 Å². The van der Waals surface area contributed by atoms with Crippen LogP contribution in [-0.2, 0) is 6.67 Å². The molecule has 1 aliphatic heterocycles. The maximum atomic E-state index is 12.0. The summed E-state index contributed by atoms with van der Waals surface area (Å²) in [5, 5.41) is 5.06. The third-order valence-corrected chi connectivity index (χ3v) is 5.24. The number of hydrogen-bond acceptors (Lipinski definition) is 4. The van der Waals surface area contributed by atoms with E-state index in [1.54, 1.807) is 6.92 Å². The Bertz CT molecular complexity index is 1020. The molecule has 27 heavy (non-hydrogen) atoms. The van der Waals surface area contributed by atoms with Gasteiger partial charge in [-0.1, -0.05) is 12.1 Å². The number of ketones is 1. The molecule has 0 unspecified atom stereocenters. The molecule has 1 saturated heterocycles. The molecule has 0 amide bonds. The van der Waals surface area contributed by atoms with Gasteiger partial charge in [-0.25, -0.2) is 4.68 Å². The van der Waals surface area contributed by atoms with Crippen LogP contribution in [0.2, 0.25) is 0 Å². The first kappa shape index (κ1) is 17.4. The molecule has 4 rings (SSSR count). The van der Waals surface area contributed by atoms with Gasteiger partial charge in [-0.3, -0.25) is 9.59 Å². The smallest absolute Gasteiger partial charge is 0.207 e. The number of Topliss-reactive ketones (excluding diaryl/α,β-unsaturated/α-hetero) is 1. The number of carbonyl (C=O) groups is 1. The number of fused-ring (bicyclic) bond motifs is 1. The maximum Gasteiger partial charge on any atom is 0.207 e. The number of anilines is 1. The van der Waals surface area contributed by atoms with Crippen molar-refractivity contribution in [3.05, 3.63) is 70.5 Å². The van der Waals surface area contributed by atoms with E-state index in [1.165, 1.54) is 11.1 Å². The third kappa shape index (κ3) is 3.61. The Kier molecular flexibility index (Phi) is 4.73. The van der Waals surface area contributed by atoms with Crippen molar-refractivity contribution < 1.29 is 9.69 Å². The molecule has 0 atom stereocenters. The van der Waals surface area contributed by atoms with Crippen LogP contribution in [0.25, 0.3) is 10.9 Å². The van der Waals surface area contributed by atoms with Crippen LogP contribution in [0.4, 0.5) is 5.69 Å². The predicted octanol–water partition coefficient (Wildman–Crippen LogP) is 0.962. The van der Waals surface area contributed by atoms with Crippen molar-refractivity contribution >= 4 is 22.4 Å². The van der Waals surface area contributed by atoms with Gasteiger partial charge in [0.05, 0.1) is 37.9 Å². The fourth-order valence-electron chi connectivity index (χ4n) is 3.64. The van der Waals surface area contributed by atoms with E-state index in [-0.39, 0.29) is 11.2 Å². The van der Waals surface area contributed by atoms with E-state index < -0.39 is 0 Å². The van der Waals surface area contributed by atoms with Gasteiger partial charge in [-0.05, 0) is 43.3 Å². The molecule has 1 N–H and O–H groups in total. The quantitative estimate of drug-likeness (QED) is 0.702. The van der Waals surface area contributed by atoms with Crippen LogP contribution in [0.15, 0.2) is 59.5 Å². The number of nitrogens with one attached hydrogen (secondary N) is 1. The normalized spacial score (nSPS) is 15.2. The molecule has 0 radical (unpaired) electrons. The summed E-state index contributed by atoms with van der Waals surface area (Å²) in [6.07, 6.45) is 1.41. The van der Waals surface area contributed by atoms with E-state index in [1.807, 2.05) is 53.2 Å². The molecule has 3 aromatic rings. The second kappa shape index (κ2) is 7.32. The lowest BCUT2D eigenvalue weighted by Gasteiger charge is -2.33. The van der Waals surface area contributed by atoms with Crippen molar-refractivity contribution in [1.82, 2.24) is 9.78 Å². The van der Waals surface area contributed by atoms with Crippen molar-refractivity contribution in [3.63, 3.8) is 0 Å². The van der Waals surface area contributed by atoms with Crippen LogP contribution in [0.3, 0.4) is 0 Å². The molecule has 2 aromatic carbocycles. The summed E-state index contributed by atoms with van der Waals surface area (Å²) in [5.74, 6) is 0.0941. The Labute approximate surface area is 157 Å². The fourth-order valence-corrected chi connectivity index (χ4v) is 3.64. The highest BCUT2D eigenvalue weighted by atomic mass is 16.1. The van der Waals surface area contributed by atoms with Gasteiger partial charge in [-0.15, -0.1) is 0 Å². The number of piperazine rings is 1. The molecule has 2 heterocycles. The molecule has 138 valence electrons. The third-order valence-electron chi connectivity index (χ3n) is 5.24. The summed E-state index contributed by atoms with van der Waals surface area (Å²) < 4.78 is 1.93. The van der Waals surface area contributed by atoms with Gasteiger partial charge in [0.2, 0.25) is 5.43 Å². The van der Waals surface area contributed by atoms with Crippen LogP contribution >= 0.6 is 0 Å². The molecule has 0 spiro atoms. The zero-order valence-corrected chi connectivity index (χ0v) is 15.4. The standard InChI is InChI=1S/C21H22N4O2/c1-16(26)17-6-8-18(9-7-17)24-12-10-23(11-13-24)15-25-20-5-3-2-4-19(20)21(27)14-22-25/h2-9,14H,10-13,15H2,1H3/p+1.